The van der Waals surface area contributed by atoms with Gasteiger partial charge in [0, 0.05) is 5.02 Å². The Balaban J connectivity index is 1.45. The number of carbonyl (C=O) groups excluding carboxylic acids is 2. The summed E-state index contributed by atoms with van der Waals surface area (Å²) in [7, 11) is 1.44. The Kier molecular flexibility index (Phi) is 6.75. The number of methoxy groups -OCH3 is 1. The number of carbonyl (C=O) groups is 2. The first-order valence-electron chi connectivity index (χ1n) is 10.2. The van der Waals surface area contributed by atoms with Gasteiger partial charge in [0.15, 0.2) is 11.5 Å². The molecule has 7 nitrogen and oxygen atoms in total. The molecule has 0 atom stereocenters. The van der Waals surface area contributed by atoms with E-state index in [1.807, 2.05) is 24.3 Å². The second-order valence-corrected chi connectivity index (χ2v) is 7.66. The number of fused-ring (bicyclic) bond motifs is 1. The number of hydrogen-bond acceptors (Lipinski definition) is 6. The van der Waals surface area contributed by atoms with Crippen LogP contribution in [0.25, 0.3) is 10.8 Å². The van der Waals surface area contributed by atoms with E-state index < -0.39 is 11.9 Å². The third kappa shape index (κ3) is 5.16. The molecule has 0 saturated carbocycles. The van der Waals surface area contributed by atoms with Crippen molar-refractivity contribution in [1.82, 2.24) is 5.43 Å². The number of phenolic OH excluding ortho intramolecular Hbond substituents is 1. The zero-order valence-corrected chi connectivity index (χ0v) is 18.7. The predicted molar refractivity (Wildman–Crippen MR) is 130 cm³/mol. The minimum Gasteiger partial charge on any atom is -0.507 e. The smallest absolute Gasteiger partial charge is 0.343 e. The molecule has 4 aromatic carbocycles. The molecule has 0 fully saturated rings. The molecule has 0 aliphatic heterocycles. The van der Waals surface area contributed by atoms with Crippen LogP contribution < -0.4 is 14.9 Å². The number of rotatable bonds is 6. The topological polar surface area (TPSA) is 97.2 Å². The Morgan fingerprint density at radius 3 is 2.35 bits per heavy atom. The van der Waals surface area contributed by atoms with Crippen LogP contribution in [0.15, 0.2) is 84.0 Å². The molecular formula is C26H19ClN2O5. The molecule has 0 bridgehead atoms. The Morgan fingerprint density at radius 1 is 0.941 bits per heavy atom. The zero-order valence-electron chi connectivity index (χ0n) is 18.0. The monoisotopic (exact) mass is 474 g/mol. The van der Waals surface area contributed by atoms with E-state index in [1.54, 1.807) is 48.5 Å². The highest BCUT2D eigenvalue weighted by Gasteiger charge is 2.14. The van der Waals surface area contributed by atoms with Crippen LogP contribution in [0.4, 0.5) is 0 Å². The first kappa shape index (κ1) is 22.8. The number of hydrogen-bond donors (Lipinski definition) is 2. The first-order valence-corrected chi connectivity index (χ1v) is 10.5. The summed E-state index contributed by atoms with van der Waals surface area (Å²) in [5, 5.41) is 16.3. The van der Waals surface area contributed by atoms with E-state index in [0.717, 1.165) is 10.8 Å². The normalized spacial score (nSPS) is 10.9. The number of benzene rings is 4. The van der Waals surface area contributed by atoms with Gasteiger partial charge in [-0.2, -0.15) is 5.10 Å². The highest BCUT2D eigenvalue weighted by Crippen LogP contribution is 2.29. The minimum atomic E-state index is -0.557. The lowest BCUT2D eigenvalue weighted by atomic mass is 10.1. The van der Waals surface area contributed by atoms with Gasteiger partial charge in [0.25, 0.3) is 5.91 Å². The van der Waals surface area contributed by atoms with Gasteiger partial charge in [-0.15, -0.1) is 0 Å². The molecule has 4 aromatic rings. The van der Waals surface area contributed by atoms with Crippen molar-refractivity contribution in [1.29, 1.82) is 0 Å². The number of ether oxygens (including phenoxy) is 2. The molecule has 0 unspecified atom stereocenters. The van der Waals surface area contributed by atoms with Gasteiger partial charge in [-0.05, 0) is 70.9 Å². The molecule has 34 heavy (non-hydrogen) atoms. The van der Waals surface area contributed by atoms with E-state index in [9.17, 15) is 14.7 Å². The largest absolute Gasteiger partial charge is 0.507 e. The SMILES string of the molecule is COc1cc(C=NNC(=O)c2cc3ccccc3cc2O)ccc1OC(=O)c1ccc(Cl)cc1. The maximum atomic E-state index is 12.5. The molecule has 0 aliphatic rings. The van der Waals surface area contributed by atoms with Crippen LogP contribution in [0, 0.1) is 0 Å². The fraction of sp³-hybridized carbons (Fsp3) is 0.0385. The predicted octanol–water partition coefficient (Wildman–Crippen LogP) is 5.19. The van der Waals surface area contributed by atoms with E-state index in [4.69, 9.17) is 21.1 Å². The molecule has 1 amide bonds. The van der Waals surface area contributed by atoms with E-state index in [0.29, 0.717) is 21.9 Å². The highest BCUT2D eigenvalue weighted by atomic mass is 35.5. The Hall–Kier alpha value is -4.36. The first-order chi connectivity index (χ1) is 16.4. The molecule has 0 aliphatic carbocycles. The van der Waals surface area contributed by atoms with Gasteiger partial charge in [0.2, 0.25) is 0 Å². The number of hydrazone groups is 1. The van der Waals surface area contributed by atoms with Crippen molar-refractivity contribution >= 4 is 40.5 Å². The molecule has 4 rings (SSSR count). The third-order valence-corrected chi connectivity index (χ3v) is 5.21. The summed E-state index contributed by atoms with van der Waals surface area (Å²) in [6.07, 6.45) is 1.41. The number of aromatic hydroxyl groups is 1. The average Bonchev–Trinajstić information content (AvgIpc) is 2.84. The summed E-state index contributed by atoms with van der Waals surface area (Å²) in [4.78, 5) is 24.8. The summed E-state index contributed by atoms with van der Waals surface area (Å²) in [5.41, 5.74) is 3.44. The van der Waals surface area contributed by atoms with E-state index >= 15 is 0 Å². The fourth-order valence-corrected chi connectivity index (χ4v) is 3.36. The third-order valence-electron chi connectivity index (χ3n) is 4.96. The Labute approximate surface area is 200 Å². The van der Waals surface area contributed by atoms with Crippen molar-refractivity contribution < 1.29 is 24.2 Å². The van der Waals surface area contributed by atoms with Crippen molar-refractivity contribution in [3.63, 3.8) is 0 Å². The number of esters is 1. The van der Waals surface area contributed by atoms with Gasteiger partial charge in [-0.1, -0.05) is 35.9 Å². The molecule has 0 saturated heterocycles. The van der Waals surface area contributed by atoms with Crippen molar-refractivity contribution in [3.8, 4) is 17.2 Å². The summed E-state index contributed by atoms with van der Waals surface area (Å²) in [6.45, 7) is 0. The summed E-state index contributed by atoms with van der Waals surface area (Å²) in [5.74, 6) is -0.715. The quantitative estimate of drug-likeness (QED) is 0.173. The van der Waals surface area contributed by atoms with Crippen LogP contribution in [0.3, 0.4) is 0 Å². The molecule has 8 heteroatoms. The number of nitrogens with one attached hydrogen (secondary N) is 1. The number of phenols is 1. The number of halogens is 1. The molecule has 0 aromatic heterocycles. The lowest BCUT2D eigenvalue weighted by Crippen LogP contribution is -2.17. The molecule has 170 valence electrons. The maximum absolute atomic E-state index is 12.5. The summed E-state index contributed by atoms with van der Waals surface area (Å²) >= 11 is 5.85. The number of nitrogens with zero attached hydrogens (tertiary/aromatic N) is 1. The molecule has 0 radical (unpaired) electrons. The molecular weight excluding hydrogens is 456 g/mol. The van der Waals surface area contributed by atoms with E-state index in [2.05, 4.69) is 10.5 Å². The minimum absolute atomic E-state index is 0.109. The maximum Gasteiger partial charge on any atom is 0.343 e. The van der Waals surface area contributed by atoms with Gasteiger partial charge in [0.05, 0.1) is 24.5 Å². The van der Waals surface area contributed by atoms with Crippen LogP contribution >= 0.6 is 11.6 Å². The summed E-state index contributed by atoms with van der Waals surface area (Å²) < 4.78 is 10.7. The van der Waals surface area contributed by atoms with Crippen molar-refractivity contribution in [2.45, 2.75) is 0 Å². The van der Waals surface area contributed by atoms with Crippen LogP contribution in [-0.4, -0.2) is 30.3 Å². The van der Waals surface area contributed by atoms with Crippen LogP contribution in [0.1, 0.15) is 26.3 Å². The van der Waals surface area contributed by atoms with Gasteiger partial charge in [-0.25, -0.2) is 10.2 Å². The lowest BCUT2D eigenvalue weighted by molar-refractivity contribution is 0.0729. The molecule has 2 N–H and O–H groups in total. The van der Waals surface area contributed by atoms with Crippen LogP contribution in [-0.2, 0) is 0 Å². The summed E-state index contributed by atoms with van der Waals surface area (Å²) in [6, 6.07) is 21.7. The van der Waals surface area contributed by atoms with Crippen molar-refractivity contribution in [2.24, 2.45) is 5.10 Å². The highest BCUT2D eigenvalue weighted by molar-refractivity contribution is 6.30. The zero-order chi connectivity index (χ0) is 24.1. The van der Waals surface area contributed by atoms with Crippen molar-refractivity contribution in [3.05, 3.63) is 101 Å². The average molecular weight is 475 g/mol. The molecule has 0 spiro atoms. The van der Waals surface area contributed by atoms with Gasteiger partial charge in [-0.3, -0.25) is 4.79 Å². The van der Waals surface area contributed by atoms with E-state index in [1.165, 1.54) is 19.4 Å². The van der Waals surface area contributed by atoms with Gasteiger partial charge in [0.1, 0.15) is 5.75 Å². The lowest BCUT2D eigenvalue weighted by Gasteiger charge is -2.10. The second-order valence-electron chi connectivity index (χ2n) is 7.22. The van der Waals surface area contributed by atoms with Crippen molar-refractivity contribution in [2.75, 3.05) is 7.11 Å². The molecule has 0 heterocycles. The second kappa shape index (κ2) is 10.1. The number of amides is 1. The van der Waals surface area contributed by atoms with Gasteiger partial charge < -0.3 is 14.6 Å². The van der Waals surface area contributed by atoms with Crippen LogP contribution in [0.2, 0.25) is 5.02 Å². The Bertz CT molecular complexity index is 1400. The fourth-order valence-electron chi connectivity index (χ4n) is 3.23. The Morgan fingerprint density at radius 2 is 1.65 bits per heavy atom. The standard InChI is InChI=1S/C26H19ClN2O5/c1-33-24-12-16(6-11-23(24)34-26(32)17-7-9-20(27)10-8-17)15-28-29-25(31)21-13-18-4-2-3-5-19(18)14-22(21)30/h2-15,30H,1H3,(H,29,31). The van der Waals surface area contributed by atoms with E-state index in [-0.39, 0.29) is 17.1 Å². The van der Waals surface area contributed by atoms with Gasteiger partial charge >= 0.3 is 5.97 Å². The van der Waals surface area contributed by atoms with Crippen LogP contribution in [0.5, 0.6) is 17.2 Å².